The molecule has 0 saturated carbocycles. The smallest absolute Gasteiger partial charge is 0.229 e. The molecule has 1 spiro atoms. The van der Waals surface area contributed by atoms with E-state index in [1.54, 1.807) is 11.0 Å². The highest BCUT2D eigenvalue weighted by atomic mass is 16.5. The van der Waals surface area contributed by atoms with Crippen molar-refractivity contribution in [2.24, 2.45) is 11.8 Å². The fourth-order valence-electron chi connectivity index (χ4n) is 3.39. The van der Waals surface area contributed by atoms with E-state index in [9.17, 15) is 14.7 Å². The zero-order valence-electron chi connectivity index (χ0n) is 10.3. The third-order valence-electron chi connectivity index (χ3n) is 4.23. The molecule has 18 heavy (non-hydrogen) atoms. The Morgan fingerprint density at radius 3 is 3.11 bits per heavy atom. The second kappa shape index (κ2) is 3.82. The molecule has 5 heteroatoms. The lowest BCUT2D eigenvalue weighted by Crippen LogP contribution is -2.45. The molecule has 4 atom stereocenters. The van der Waals surface area contributed by atoms with Gasteiger partial charge in [-0.05, 0) is 6.42 Å². The van der Waals surface area contributed by atoms with Gasteiger partial charge in [0.1, 0.15) is 5.60 Å². The fourth-order valence-corrected chi connectivity index (χ4v) is 3.39. The number of carboxylic acid groups (broad SMARTS) is 1. The van der Waals surface area contributed by atoms with Gasteiger partial charge in [-0.1, -0.05) is 25.5 Å². The van der Waals surface area contributed by atoms with E-state index in [2.05, 4.69) is 6.92 Å². The highest BCUT2D eigenvalue weighted by Gasteiger charge is 2.65. The molecule has 0 aliphatic carbocycles. The van der Waals surface area contributed by atoms with Crippen molar-refractivity contribution >= 4 is 11.9 Å². The first-order valence-electron chi connectivity index (χ1n) is 6.46. The summed E-state index contributed by atoms with van der Waals surface area (Å²) in [6, 6.07) is 0. The molecule has 1 amide bonds. The van der Waals surface area contributed by atoms with Gasteiger partial charge in [-0.25, -0.2) is 0 Å². The van der Waals surface area contributed by atoms with Gasteiger partial charge in [-0.3, -0.25) is 4.79 Å². The number of fused-ring (bicyclic) bond motifs is 1. The molecule has 3 heterocycles. The number of aliphatic carboxylic acids is 1. The van der Waals surface area contributed by atoms with Crippen LogP contribution in [-0.2, 0) is 14.3 Å². The van der Waals surface area contributed by atoms with E-state index in [1.807, 2.05) is 6.08 Å². The molecular weight excluding hydrogens is 234 g/mol. The standard InChI is InChI=1S/C13H17NO4/c1-2-3-6-14-7-13-5-4-8(18-13)9(12(16)17)10(13)11(14)15/h4-5,8-10H,2-3,6-7H2,1H3,(H,16,17)/p-1/t8-,9-,10-,13+/m1/s1. The number of amides is 1. The monoisotopic (exact) mass is 250 g/mol. The van der Waals surface area contributed by atoms with Crippen LogP contribution in [0, 0.1) is 11.8 Å². The SMILES string of the molecule is CCCCN1C[C@]23C=C[C@@H](O2)[C@@H](C(=O)[O-])[C@@H]3C1=O. The quantitative estimate of drug-likeness (QED) is 0.620. The number of nitrogens with zero attached hydrogens (tertiary/aromatic N) is 1. The third-order valence-corrected chi connectivity index (χ3v) is 4.23. The van der Waals surface area contributed by atoms with Crippen molar-refractivity contribution in [3.05, 3.63) is 12.2 Å². The Hall–Kier alpha value is -1.36. The summed E-state index contributed by atoms with van der Waals surface area (Å²) in [4.78, 5) is 25.2. The molecule has 0 unspecified atom stereocenters. The minimum Gasteiger partial charge on any atom is -0.550 e. The van der Waals surface area contributed by atoms with E-state index in [1.165, 1.54) is 0 Å². The summed E-state index contributed by atoms with van der Waals surface area (Å²) < 4.78 is 5.74. The average Bonchev–Trinajstić information content (AvgIpc) is 2.95. The van der Waals surface area contributed by atoms with E-state index in [-0.39, 0.29) is 5.91 Å². The lowest BCUT2D eigenvalue weighted by Gasteiger charge is -2.24. The predicted octanol–water partition coefficient (Wildman–Crippen LogP) is -0.682. The highest BCUT2D eigenvalue weighted by molar-refractivity contribution is 5.90. The first-order valence-corrected chi connectivity index (χ1v) is 6.46. The Morgan fingerprint density at radius 2 is 2.44 bits per heavy atom. The van der Waals surface area contributed by atoms with Gasteiger partial charge in [-0.15, -0.1) is 0 Å². The van der Waals surface area contributed by atoms with Crippen molar-refractivity contribution in [1.82, 2.24) is 4.90 Å². The lowest BCUT2D eigenvalue weighted by atomic mass is 9.77. The van der Waals surface area contributed by atoms with Crippen LogP contribution in [0.25, 0.3) is 0 Å². The van der Waals surface area contributed by atoms with Crippen LogP contribution in [0.3, 0.4) is 0 Å². The molecular formula is C13H16NO4-. The molecule has 0 aromatic carbocycles. The van der Waals surface area contributed by atoms with Crippen LogP contribution in [0.4, 0.5) is 0 Å². The Morgan fingerprint density at radius 1 is 1.67 bits per heavy atom. The van der Waals surface area contributed by atoms with Crippen LogP contribution in [-0.4, -0.2) is 41.6 Å². The number of rotatable bonds is 4. The van der Waals surface area contributed by atoms with Gasteiger partial charge >= 0.3 is 0 Å². The number of hydrogen-bond acceptors (Lipinski definition) is 4. The number of hydrogen-bond donors (Lipinski definition) is 0. The topological polar surface area (TPSA) is 69.7 Å². The summed E-state index contributed by atoms with van der Waals surface area (Å²) in [5, 5.41) is 11.2. The van der Waals surface area contributed by atoms with Crippen LogP contribution in [0.2, 0.25) is 0 Å². The molecule has 2 bridgehead atoms. The second-order valence-corrected chi connectivity index (χ2v) is 5.33. The first-order chi connectivity index (χ1) is 8.59. The van der Waals surface area contributed by atoms with Crippen molar-refractivity contribution < 1.29 is 19.4 Å². The molecule has 0 N–H and O–H groups in total. The molecule has 3 rings (SSSR count). The summed E-state index contributed by atoms with van der Waals surface area (Å²) in [6.45, 7) is 3.22. The van der Waals surface area contributed by atoms with Gasteiger partial charge < -0.3 is 19.5 Å². The van der Waals surface area contributed by atoms with Crippen LogP contribution >= 0.6 is 0 Å². The van der Waals surface area contributed by atoms with E-state index < -0.39 is 29.5 Å². The van der Waals surface area contributed by atoms with Crippen LogP contribution in [0.5, 0.6) is 0 Å². The number of unbranched alkanes of at least 4 members (excludes halogenated alkanes) is 1. The van der Waals surface area contributed by atoms with E-state index in [0.29, 0.717) is 13.1 Å². The molecule has 2 saturated heterocycles. The Kier molecular flexibility index (Phi) is 2.48. The normalized spacial score (nSPS) is 40.6. The maximum atomic E-state index is 12.3. The number of carbonyl (C=O) groups excluding carboxylic acids is 2. The fraction of sp³-hybridized carbons (Fsp3) is 0.692. The van der Waals surface area contributed by atoms with Crippen molar-refractivity contribution in [3.8, 4) is 0 Å². The first kappa shape index (κ1) is 11.7. The number of ether oxygens (including phenoxy) is 1. The lowest BCUT2D eigenvalue weighted by molar-refractivity contribution is -0.313. The molecule has 5 nitrogen and oxygen atoms in total. The van der Waals surface area contributed by atoms with Crippen molar-refractivity contribution in [2.45, 2.75) is 31.5 Å². The van der Waals surface area contributed by atoms with Crippen molar-refractivity contribution in [1.29, 1.82) is 0 Å². The molecule has 0 aromatic heterocycles. The van der Waals surface area contributed by atoms with Crippen molar-refractivity contribution in [2.75, 3.05) is 13.1 Å². The zero-order valence-corrected chi connectivity index (χ0v) is 10.3. The number of carboxylic acids is 1. The number of likely N-dealkylation sites (tertiary alicyclic amines) is 1. The molecule has 3 aliphatic heterocycles. The minimum absolute atomic E-state index is 0.0931. The largest absolute Gasteiger partial charge is 0.550 e. The summed E-state index contributed by atoms with van der Waals surface area (Å²) in [5.41, 5.74) is -0.708. The minimum atomic E-state index is -1.18. The highest BCUT2D eigenvalue weighted by Crippen LogP contribution is 2.51. The Labute approximate surface area is 105 Å². The van der Waals surface area contributed by atoms with Gasteiger partial charge in [0.25, 0.3) is 0 Å². The maximum Gasteiger partial charge on any atom is 0.229 e. The summed E-state index contributed by atoms with van der Waals surface area (Å²) in [7, 11) is 0. The van der Waals surface area contributed by atoms with E-state index in [0.717, 1.165) is 12.8 Å². The van der Waals surface area contributed by atoms with Gasteiger partial charge in [0.05, 0.1) is 18.6 Å². The van der Waals surface area contributed by atoms with Gasteiger partial charge in [-0.2, -0.15) is 0 Å². The van der Waals surface area contributed by atoms with Gasteiger partial charge in [0, 0.05) is 18.4 Å². The molecule has 0 radical (unpaired) electrons. The average molecular weight is 250 g/mol. The summed E-state index contributed by atoms with van der Waals surface area (Å²) in [5.74, 6) is -2.69. The van der Waals surface area contributed by atoms with Crippen LogP contribution in [0.1, 0.15) is 19.8 Å². The molecule has 2 fully saturated rings. The predicted molar refractivity (Wildman–Crippen MR) is 60.2 cm³/mol. The van der Waals surface area contributed by atoms with Crippen LogP contribution in [0.15, 0.2) is 12.2 Å². The summed E-state index contributed by atoms with van der Waals surface area (Å²) in [6.07, 6.45) is 5.07. The molecule has 3 aliphatic rings. The second-order valence-electron chi connectivity index (χ2n) is 5.33. The third kappa shape index (κ3) is 1.37. The molecule has 98 valence electrons. The van der Waals surface area contributed by atoms with Crippen LogP contribution < -0.4 is 5.11 Å². The van der Waals surface area contributed by atoms with Gasteiger partial charge in [0.2, 0.25) is 5.91 Å². The zero-order chi connectivity index (χ0) is 12.9. The Bertz CT molecular complexity index is 433. The van der Waals surface area contributed by atoms with Gasteiger partial charge in [0.15, 0.2) is 0 Å². The van der Waals surface area contributed by atoms with E-state index >= 15 is 0 Å². The Balaban J connectivity index is 1.87. The summed E-state index contributed by atoms with van der Waals surface area (Å²) >= 11 is 0. The maximum absolute atomic E-state index is 12.3. The van der Waals surface area contributed by atoms with Crippen molar-refractivity contribution in [3.63, 3.8) is 0 Å². The van der Waals surface area contributed by atoms with E-state index in [4.69, 9.17) is 4.74 Å². The molecule has 0 aromatic rings. The number of carbonyl (C=O) groups is 2.